The van der Waals surface area contributed by atoms with Crippen LogP contribution in [0, 0.1) is 13.8 Å². The fourth-order valence-electron chi connectivity index (χ4n) is 3.65. The average Bonchev–Trinajstić information content (AvgIpc) is 3.03. The average molecular weight is 431 g/mol. The van der Waals surface area contributed by atoms with Crippen molar-refractivity contribution < 1.29 is 9.59 Å². The van der Waals surface area contributed by atoms with E-state index in [4.69, 9.17) is 0 Å². The van der Waals surface area contributed by atoms with Crippen molar-refractivity contribution in [1.29, 1.82) is 0 Å². The second kappa shape index (κ2) is 10.5. The zero-order valence-corrected chi connectivity index (χ0v) is 18.6. The molecule has 0 radical (unpaired) electrons. The molecule has 2 heterocycles. The second-order valence-electron chi connectivity index (χ2n) is 7.80. The van der Waals surface area contributed by atoms with Crippen LogP contribution in [0.25, 0.3) is 10.2 Å². The molecule has 0 fully saturated rings. The largest absolute Gasteiger partial charge is 0.356 e. The van der Waals surface area contributed by atoms with Crippen molar-refractivity contribution in [2.75, 3.05) is 13.1 Å². The summed E-state index contributed by atoms with van der Waals surface area (Å²) in [7, 11) is 0. The monoisotopic (exact) mass is 430 g/mol. The summed E-state index contributed by atoms with van der Waals surface area (Å²) in [4.78, 5) is 42.8. The molecule has 0 saturated heterocycles. The van der Waals surface area contributed by atoms with Crippen LogP contribution in [-0.2, 0) is 16.1 Å². The van der Waals surface area contributed by atoms with E-state index in [0.717, 1.165) is 29.7 Å². The number of carbonyl (C=O) groups excluding carboxylic acids is 2. The van der Waals surface area contributed by atoms with Crippen LogP contribution in [0.15, 0.2) is 22.8 Å². The number of hydrogen-bond donors (Lipinski definition) is 2. The summed E-state index contributed by atoms with van der Waals surface area (Å²) in [6, 6.07) is 0. The standard InChI is InChI=1S/C22H30N4O3S/c1-15-16(2)30-21-20(15)22(29)26(14-25-21)13-19(28)23-11-6-9-18(27)24-12-10-17-7-4-3-5-8-17/h7,14H,3-6,8-13H2,1-2H3,(H,23,28)(H,24,27). The molecule has 0 bridgehead atoms. The van der Waals surface area contributed by atoms with Crippen LogP contribution >= 0.6 is 11.3 Å². The van der Waals surface area contributed by atoms with Gasteiger partial charge in [-0.05, 0) is 57.9 Å². The Labute approximate surface area is 180 Å². The minimum atomic E-state index is -0.257. The number of aryl methyl sites for hydroxylation is 2. The van der Waals surface area contributed by atoms with E-state index in [0.29, 0.717) is 36.1 Å². The van der Waals surface area contributed by atoms with Gasteiger partial charge in [0.2, 0.25) is 11.8 Å². The van der Waals surface area contributed by atoms with Gasteiger partial charge in [0.15, 0.2) is 0 Å². The van der Waals surface area contributed by atoms with E-state index >= 15 is 0 Å². The third-order valence-electron chi connectivity index (χ3n) is 5.53. The first-order chi connectivity index (χ1) is 14.5. The number of amides is 2. The summed E-state index contributed by atoms with van der Waals surface area (Å²) in [5.41, 5.74) is 2.18. The number of rotatable bonds is 9. The lowest BCUT2D eigenvalue weighted by atomic mass is 9.97. The zero-order chi connectivity index (χ0) is 21.5. The number of hydrogen-bond acceptors (Lipinski definition) is 5. The topological polar surface area (TPSA) is 93.1 Å². The molecule has 7 nitrogen and oxygen atoms in total. The van der Waals surface area contributed by atoms with Gasteiger partial charge in [0.1, 0.15) is 11.4 Å². The molecule has 0 spiro atoms. The van der Waals surface area contributed by atoms with E-state index in [1.165, 1.54) is 40.6 Å². The highest BCUT2D eigenvalue weighted by Gasteiger charge is 2.13. The predicted octanol–water partition coefficient (Wildman–Crippen LogP) is 2.98. The van der Waals surface area contributed by atoms with Gasteiger partial charge in [-0.25, -0.2) is 4.98 Å². The molecule has 1 aliphatic carbocycles. The molecular formula is C22H30N4O3S. The van der Waals surface area contributed by atoms with Crippen LogP contribution in [0.1, 0.15) is 55.4 Å². The van der Waals surface area contributed by atoms with E-state index in [1.54, 1.807) is 0 Å². The Hall–Kier alpha value is -2.48. The van der Waals surface area contributed by atoms with Gasteiger partial charge < -0.3 is 10.6 Å². The van der Waals surface area contributed by atoms with Crippen molar-refractivity contribution in [3.8, 4) is 0 Å². The van der Waals surface area contributed by atoms with Gasteiger partial charge in [0, 0.05) is 24.4 Å². The van der Waals surface area contributed by atoms with Crippen LogP contribution in [0.5, 0.6) is 0 Å². The third-order valence-corrected chi connectivity index (χ3v) is 6.64. The first-order valence-electron chi connectivity index (χ1n) is 10.6. The minimum Gasteiger partial charge on any atom is -0.356 e. The molecule has 2 amide bonds. The fraction of sp³-hybridized carbons (Fsp3) is 0.545. The third kappa shape index (κ3) is 5.78. The normalized spacial score (nSPS) is 13.9. The molecule has 0 saturated carbocycles. The van der Waals surface area contributed by atoms with Gasteiger partial charge in [0.05, 0.1) is 11.7 Å². The molecule has 8 heteroatoms. The van der Waals surface area contributed by atoms with Crippen LogP contribution in [0.3, 0.4) is 0 Å². The van der Waals surface area contributed by atoms with Gasteiger partial charge in [0.25, 0.3) is 5.56 Å². The Kier molecular flexibility index (Phi) is 7.79. The number of allylic oxidation sites excluding steroid dienone is 1. The molecular weight excluding hydrogens is 400 g/mol. The highest BCUT2D eigenvalue weighted by Crippen LogP contribution is 2.25. The molecule has 0 unspecified atom stereocenters. The minimum absolute atomic E-state index is 0.00910. The van der Waals surface area contributed by atoms with E-state index < -0.39 is 0 Å². The highest BCUT2D eigenvalue weighted by molar-refractivity contribution is 7.18. The maximum Gasteiger partial charge on any atom is 0.262 e. The number of carbonyl (C=O) groups is 2. The Morgan fingerprint density at radius 1 is 1.17 bits per heavy atom. The molecule has 0 atom stereocenters. The first-order valence-corrected chi connectivity index (χ1v) is 11.4. The Morgan fingerprint density at radius 3 is 2.73 bits per heavy atom. The summed E-state index contributed by atoms with van der Waals surface area (Å²) in [6.07, 6.45) is 10.4. The quantitative estimate of drug-likeness (QED) is 0.472. The van der Waals surface area contributed by atoms with Crippen molar-refractivity contribution in [3.63, 3.8) is 0 Å². The molecule has 30 heavy (non-hydrogen) atoms. The van der Waals surface area contributed by atoms with Crippen molar-refractivity contribution in [3.05, 3.63) is 38.8 Å². The molecule has 0 aliphatic heterocycles. The van der Waals surface area contributed by atoms with Gasteiger partial charge in [-0.15, -0.1) is 11.3 Å². The SMILES string of the molecule is Cc1sc2ncn(CC(=O)NCCCC(=O)NCCC3=CCCCC3)c(=O)c2c1C. The summed E-state index contributed by atoms with van der Waals surface area (Å²) in [5.74, 6) is -0.248. The van der Waals surface area contributed by atoms with E-state index in [-0.39, 0.29) is 23.9 Å². The summed E-state index contributed by atoms with van der Waals surface area (Å²) in [6.45, 7) is 4.87. The van der Waals surface area contributed by atoms with Crippen molar-refractivity contribution in [1.82, 2.24) is 20.2 Å². The first kappa shape index (κ1) is 22.2. The van der Waals surface area contributed by atoms with Gasteiger partial charge in [-0.1, -0.05) is 11.6 Å². The van der Waals surface area contributed by atoms with E-state index in [1.807, 2.05) is 13.8 Å². The second-order valence-corrected chi connectivity index (χ2v) is 9.01. The van der Waals surface area contributed by atoms with Crippen LogP contribution in [0.2, 0.25) is 0 Å². The summed E-state index contributed by atoms with van der Waals surface area (Å²) in [5, 5.41) is 6.31. The molecule has 0 aromatic carbocycles. The van der Waals surface area contributed by atoms with Crippen molar-refractivity contribution in [2.45, 2.75) is 65.3 Å². The summed E-state index contributed by atoms with van der Waals surface area (Å²) < 4.78 is 1.34. The smallest absolute Gasteiger partial charge is 0.262 e. The maximum atomic E-state index is 12.6. The Morgan fingerprint density at radius 2 is 1.97 bits per heavy atom. The molecule has 162 valence electrons. The van der Waals surface area contributed by atoms with Crippen molar-refractivity contribution in [2.24, 2.45) is 0 Å². The number of thiophene rings is 1. The lowest BCUT2D eigenvalue weighted by molar-refractivity contribution is -0.123. The highest BCUT2D eigenvalue weighted by atomic mass is 32.1. The van der Waals surface area contributed by atoms with Gasteiger partial charge in [-0.2, -0.15) is 0 Å². The lowest BCUT2D eigenvalue weighted by Crippen LogP contribution is -2.33. The Bertz CT molecular complexity index is 1010. The molecule has 2 aromatic rings. The van der Waals surface area contributed by atoms with Crippen LogP contribution in [-0.4, -0.2) is 34.5 Å². The van der Waals surface area contributed by atoms with Gasteiger partial charge in [-0.3, -0.25) is 19.0 Å². The molecule has 2 aromatic heterocycles. The number of nitrogens with one attached hydrogen (secondary N) is 2. The van der Waals surface area contributed by atoms with Crippen LogP contribution < -0.4 is 16.2 Å². The summed E-state index contributed by atoms with van der Waals surface area (Å²) >= 11 is 1.49. The van der Waals surface area contributed by atoms with Crippen molar-refractivity contribution >= 4 is 33.4 Å². The molecule has 1 aliphatic rings. The van der Waals surface area contributed by atoms with Crippen LogP contribution in [0.4, 0.5) is 0 Å². The van der Waals surface area contributed by atoms with E-state index in [9.17, 15) is 14.4 Å². The van der Waals surface area contributed by atoms with E-state index in [2.05, 4.69) is 21.7 Å². The maximum absolute atomic E-state index is 12.6. The fourth-order valence-corrected chi connectivity index (χ4v) is 4.64. The molecule has 2 N–H and O–H groups in total. The van der Waals surface area contributed by atoms with Gasteiger partial charge >= 0.3 is 0 Å². The number of nitrogens with zero attached hydrogens (tertiary/aromatic N) is 2. The predicted molar refractivity (Wildman–Crippen MR) is 120 cm³/mol. The zero-order valence-electron chi connectivity index (χ0n) is 17.8. The molecule has 3 rings (SSSR count). The lowest BCUT2D eigenvalue weighted by Gasteiger charge is -2.13. The number of fused-ring (bicyclic) bond motifs is 1. The number of aromatic nitrogens is 2. The Balaban J connectivity index is 1.37.